The number of amides is 2. The zero-order valence-electron chi connectivity index (χ0n) is 9.64. The molecule has 1 rings (SSSR count). The predicted molar refractivity (Wildman–Crippen MR) is 63.0 cm³/mol. The van der Waals surface area contributed by atoms with Crippen LogP contribution in [-0.4, -0.2) is 29.6 Å². The predicted octanol–water partition coefficient (Wildman–Crippen LogP) is -0.200. The molecule has 2 amide bonds. The molecule has 0 heterocycles. The van der Waals surface area contributed by atoms with E-state index in [1.807, 2.05) is 30.3 Å². The van der Waals surface area contributed by atoms with Crippen LogP contribution in [0.2, 0.25) is 0 Å². The Morgan fingerprint density at radius 1 is 1.18 bits per heavy atom. The van der Waals surface area contributed by atoms with E-state index in [1.165, 1.54) is 6.92 Å². The number of aliphatic hydroxyl groups excluding tert-OH is 1. The lowest BCUT2D eigenvalue weighted by Gasteiger charge is -2.07. The summed E-state index contributed by atoms with van der Waals surface area (Å²) in [6, 6.07) is 9.30. The highest BCUT2D eigenvalue weighted by atomic mass is 16.3. The van der Waals surface area contributed by atoms with Crippen molar-refractivity contribution in [2.75, 3.05) is 6.54 Å². The van der Waals surface area contributed by atoms with Gasteiger partial charge in [-0.1, -0.05) is 30.3 Å². The van der Waals surface area contributed by atoms with Crippen molar-refractivity contribution in [3.63, 3.8) is 0 Å². The third-order valence-electron chi connectivity index (χ3n) is 2.06. The summed E-state index contributed by atoms with van der Waals surface area (Å²) < 4.78 is 0. The standard InChI is InChI=1S/C12H16N2O3/c1-9(15)7-13-11(16)12(17)14-8-10-5-3-2-4-6-10/h2-6,9,15H,7-8H2,1H3,(H,13,16)(H,14,17)/t9-/m1/s1. The van der Waals surface area contributed by atoms with E-state index >= 15 is 0 Å². The largest absolute Gasteiger partial charge is 0.392 e. The molecule has 0 aliphatic carbocycles. The summed E-state index contributed by atoms with van der Waals surface area (Å²) in [5.41, 5.74) is 0.921. The minimum atomic E-state index is -0.734. The highest BCUT2D eigenvalue weighted by Gasteiger charge is 2.12. The molecular formula is C12H16N2O3. The second kappa shape index (κ2) is 6.65. The van der Waals surface area contributed by atoms with Crippen LogP contribution in [0, 0.1) is 0 Å². The van der Waals surface area contributed by atoms with Crippen molar-refractivity contribution in [3.8, 4) is 0 Å². The first kappa shape index (κ1) is 13.2. The number of carbonyl (C=O) groups excluding carboxylic acids is 2. The molecule has 0 saturated heterocycles. The van der Waals surface area contributed by atoms with Crippen LogP contribution in [0.4, 0.5) is 0 Å². The second-order valence-corrected chi connectivity index (χ2v) is 3.73. The molecule has 1 atom stereocenters. The van der Waals surface area contributed by atoms with E-state index in [4.69, 9.17) is 5.11 Å². The summed E-state index contributed by atoms with van der Waals surface area (Å²) >= 11 is 0. The molecule has 5 heteroatoms. The number of benzene rings is 1. The molecule has 0 aromatic heterocycles. The molecule has 0 saturated carbocycles. The summed E-state index contributed by atoms with van der Waals surface area (Å²) in [7, 11) is 0. The second-order valence-electron chi connectivity index (χ2n) is 3.73. The van der Waals surface area contributed by atoms with Crippen molar-refractivity contribution in [1.82, 2.24) is 10.6 Å². The molecule has 92 valence electrons. The van der Waals surface area contributed by atoms with Crippen LogP contribution >= 0.6 is 0 Å². The Morgan fingerprint density at radius 2 is 1.76 bits per heavy atom. The van der Waals surface area contributed by atoms with Crippen LogP contribution < -0.4 is 10.6 Å². The van der Waals surface area contributed by atoms with Crippen molar-refractivity contribution in [2.45, 2.75) is 19.6 Å². The van der Waals surface area contributed by atoms with E-state index in [0.29, 0.717) is 6.54 Å². The van der Waals surface area contributed by atoms with E-state index < -0.39 is 17.9 Å². The molecule has 17 heavy (non-hydrogen) atoms. The van der Waals surface area contributed by atoms with Gasteiger partial charge in [0.1, 0.15) is 0 Å². The molecule has 0 bridgehead atoms. The van der Waals surface area contributed by atoms with Crippen LogP contribution in [0.3, 0.4) is 0 Å². The SMILES string of the molecule is C[C@@H](O)CNC(=O)C(=O)NCc1ccccc1. The van der Waals surface area contributed by atoms with E-state index in [1.54, 1.807) is 0 Å². The molecule has 0 aliphatic rings. The van der Waals surface area contributed by atoms with Gasteiger partial charge in [-0.3, -0.25) is 9.59 Å². The van der Waals surface area contributed by atoms with Crippen molar-refractivity contribution in [2.24, 2.45) is 0 Å². The van der Waals surface area contributed by atoms with Gasteiger partial charge in [-0.25, -0.2) is 0 Å². The van der Waals surface area contributed by atoms with Crippen molar-refractivity contribution in [3.05, 3.63) is 35.9 Å². The Morgan fingerprint density at radius 3 is 2.35 bits per heavy atom. The smallest absolute Gasteiger partial charge is 0.309 e. The van der Waals surface area contributed by atoms with Gasteiger partial charge in [-0.2, -0.15) is 0 Å². The van der Waals surface area contributed by atoms with Gasteiger partial charge in [0.25, 0.3) is 0 Å². The number of carbonyl (C=O) groups is 2. The molecule has 0 fully saturated rings. The fourth-order valence-electron chi connectivity index (χ4n) is 1.18. The number of rotatable bonds is 4. The van der Waals surface area contributed by atoms with Crippen LogP contribution in [0.25, 0.3) is 0 Å². The molecule has 0 aliphatic heterocycles. The van der Waals surface area contributed by atoms with Crippen LogP contribution in [0.15, 0.2) is 30.3 Å². The molecule has 0 radical (unpaired) electrons. The summed E-state index contributed by atoms with van der Waals surface area (Å²) in [5, 5.41) is 13.8. The lowest BCUT2D eigenvalue weighted by atomic mass is 10.2. The zero-order chi connectivity index (χ0) is 12.7. The topological polar surface area (TPSA) is 78.4 Å². The van der Waals surface area contributed by atoms with Crippen molar-refractivity contribution in [1.29, 1.82) is 0 Å². The average Bonchev–Trinajstić information content (AvgIpc) is 2.34. The van der Waals surface area contributed by atoms with Crippen LogP contribution in [-0.2, 0) is 16.1 Å². The normalized spacial score (nSPS) is 11.6. The summed E-state index contributed by atoms with van der Waals surface area (Å²) in [6.45, 7) is 1.90. The summed E-state index contributed by atoms with van der Waals surface area (Å²) in [4.78, 5) is 22.6. The van der Waals surface area contributed by atoms with Crippen molar-refractivity contribution >= 4 is 11.8 Å². The first-order chi connectivity index (χ1) is 8.09. The Labute approximate surface area is 99.8 Å². The Kier molecular flexibility index (Phi) is 5.16. The molecule has 3 N–H and O–H groups in total. The minimum absolute atomic E-state index is 0.0671. The maximum atomic E-state index is 11.3. The summed E-state index contributed by atoms with van der Waals surface area (Å²) in [5.74, 6) is -1.43. The van der Waals surface area contributed by atoms with Gasteiger partial charge in [0.2, 0.25) is 0 Å². The number of hydrogen-bond donors (Lipinski definition) is 3. The molecule has 1 aromatic carbocycles. The lowest BCUT2D eigenvalue weighted by Crippen LogP contribution is -2.41. The van der Waals surface area contributed by atoms with Gasteiger partial charge in [-0.05, 0) is 12.5 Å². The van der Waals surface area contributed by atoms with Gasteiger partial charge in [0, 0.05) is 13.1 Å². The molecule has 0 spiro atoms. The monoisotopic (exact) mass is 236 g/mol. The van der Waals surface area contributed by atoms with E-state index in [9.17, 15) is 9.59 Å². The highest BCUT2D eigenvalue weighted by Crippen LogP contribution is 1.96. The maximum absolute atomic E-state index is 11.3. The third-order valence-corrected chi connectivity index (χ3v) is 2.06. The average molecular weight is 236 g/mol. The fourth-order valence-corrected chi connectivity index (χ4v) is 1.18. The van der Waals surface area contributed by atoms with Gasteiger partial charge < -0.3 is 15.7 Å². The zero-order valence-corrected chi connectivity index (χ0v) is 9.64. The molecule has 0 unspecified atom stereocenters. The van der Waals surface area contributed by atoms with Gasteiger partial charge in [-0.15, -0.1) is 0 Å². The van der Waals surface area contributed by atoms with Crippen LogP contribution in [0.1, 0.15) is 12.5 Å². The maximum Gasteiger partial charge on any atom is 0.309 e. The Balaban J connectivity index is 2.32. The van der Waals surface area contributed by atoms with Gasteiger partial charge in [0.15, 0.2) is 0 Å². The number of aliphatic hydroxyl groups is 1. The van der Waals surface area contributed by atoms with E-state index in [0.717, 1.165) is 5.56 Å². The van der Waals surface area contributed by atoms with E-state index in [-0.39, 0.29) is 6.54 Å². The first-order valence-electron chi connectivity index (χ1n) is 5.37. The lowest BCUT2D eigenvalue weighted by molar-refractivity contribution is -0.139. The quantitative estimate of drug-likeness (QED) is 0.633. The summed E-state index contributed by atoms with van der Waals surface area (Å²) in [6.07, 6.45) is -0.666. The number of nitrogens with one attached hydrogen (secondary N) is 2. The Hall–Kier alpha value is -1.88. The number of hydrogen-bond acceptors (Lipinski definition) is 3. The van der Waals surface area contributed by atoms with E-state index in [2.05, 4.69) is 10.6 Å². The fraction of sp³-hybridized carbons (Fsp3) is 0.333. The molecule has 1 aromatic rings. The first-order valence-corrected chi connectivity index (χ1v) is 5.37. The van der Waals surface area contributed by atoms with Gasteiger partial charge in [0.05, 0.1) is 6.10 Å². The molecular weight excluding hydrogens is 220 g/mol. The third kappa shape index (κ3) is 5.12. The van der Waals surface area contributed by atoms with Gasteiger partial charge >= 0.3 is 11.8 Å². The van der Waals surface area contributed by atoms with Crippen LogP contribution in [0.5, 0.6) is 0 Å². The van der Waals surface area contributed by atoms with Crippen molar-refractivity contribution < 1.29 is 14.7 Å². The minimum Gasteiger partial charge on any atom is -0.392 e. The Bertz CT molecular complexity index is 377. The molecule has 5 nitrogen and oxygen atoms in total. The highest BCUT2D eigenvalue weighted by molar-refractivity contribution is 6.35.